The molecule has 3 rings (SSSR count). The number of hydrogen-bond donors (Lipinski definition) is 1. The molecular weight excluding hydrogens is 356 g/mol. The van der Waals surface area contributed by atoms with Crippen LogP contribution in [-0.2, 0) is 4.79 Å². The Morgan fingerprint density at radius 3 is 2.84 bits per heavy atom. The van der Waals surface area contributed by atoms with E-state index in [1.807, 2.05) is 19.9 Å². The summed E-state index contributed by atoms with van der Waals surface area (Å²) in [4.78, 5) is 32.0. The van der Waals surface area contributed by atoms with Crippen LogP contribution in [0.3, 0.4) is 0 Å². The lowest BCUT2D eigenvalue weighted by Gasteiger charge is -2.12. The van der Waals surface area contributed by atoms with Crippen LogP contribution in [0.2, 0.25) is 0 Å². The highest BCUT2D eigenvalue weighted by Crippen LogP contribution is 2.33. The zero-order chi connectivity index (χ0) is 18.0. The van der Waals surface area contributed by atoms with Crippen LogP contribution in [0.25, 0.3) is 11.7 Å². The van der Waals surface area contributed by atoms with Crippen LogP contribution in [0.1, 0.15) is 25.8 Å². The lowest BCUT2D eigenvalue weighted by atomic mass is 10.2. The topological polar surface area (TPSA) is 66.7 Å². The van der Waals surface area contributed by atoms with Crippen molar-refractivity contribution >= 4 is 51.7 Å². The number of hydrogen-bond acceptors (Lipinski definition) is 6. The minimum absolute atomic E-state index is 0.156. The van der Waals surface area contributed by atoms with E-state index in [-0.39, 0.29) is 11.5 Å². The number of carbonyl (C=O) groups is 1. The second kappa shape index (κ2) is 7.37. The number of carbonyl (C=O) groups excluding carboxylic acids is 1. The number of nitrogens with one attached hydrogen (secondary N) is 1. The van der Waals surface area contributed by atoms with Crippen LogP contribution in [0.5, 0.6) is 0 Å². The van der Waals surface area contributed by atoms with Gasteiger partial charge in [-0.2, -0.15) is 0 Å². The van der Waals surface area contributed by atoms with Crippen molar-refractivity contribution in [2.24, 2.45) is 0 Å². The SMILES string of the molecule is CCCN1C(=O)/C(=C\c2c(NCC)nc3ccccn3c2=O)SC1=S. The maximum Gasteiger partial charge on any atom is 0.267 e. The average Bonchev–Trinajstić information content (AvgIpc) is 2.86. The first-order chi connectivity index (χ1) is 12.1. The Labute approximate surface area is 154 Å². The summed E-state index contributed by atoms with van der Waals surface area (Å²) in [6.45, 7) is 5.12. The second-order valence-electron chi connectivity index (χ2n) is 5.47. The van der Waals surface area contributed by atoms with Crippen LogP contribution in [0.4, 0.5) is 5.82 Å². The molecule has 0 unspecified atom stereocenters. The van der Waals surface area contributed by atoms with Crippen LogP contribution in [-0.4, -0.2) is 37.6 Å². The maximum atomic E-state index is 12.9. The summed E-state index contributed by atoms with van der Waals surface area (Å²) >= 11 is 6.51. The first kappa shape index (κ1) is 17.6. The summed E-state index contributed by atoms with van der Waals surface area (Å²) in [7, 11) is 0. The maximum absolute atomic E-state index is 12.9. The molecule has 1 aliphatic rings. The second-order valence-corrected chi connectivity index (χ2v) is 7.15. The zero-order valence-corrected chi connectivity index (χ0v) is 15.6. The summed E-state index contributed by atoms with van der Waals surface area (Å²) in [5.41, 5.74) is 0.698. The molecule has 1 fully saturated rings. The minimum Gasteiger partial charge on any atom is -0.370 e. The van der Waals surface area contributed by atoms with Crippen LogP contribution in [0.15, 0.2) is 34.1 Å². The van der Waals surface area contributed by atoms with Gasteiger partial charge in [-0.1, -0.05) is 37.0 Å². The Bertz CT molecular complexity index is 936. The number of nitrogens with zero attached hydrogens (tertiary/aromatic N) is 3. The third kappa shape index (κ3) is 3.32. The molecule has 0 radical (unpaired) electrons. The average molecular weight is 374 g/mol. The van der Waals surface area contributed by atoms with Crippen molar-refractivity contribution in [1.29, 1.82) is 0 Å². The van der Waals surface area contributed by atoms with E-state index in [2.05, 4.69) is 10.3 Å². The Morgan fingerprint density at radius 2 is 2.12 bits per heavy atom. The number of anilines is 1. The molecule has 1 amide bonds. The van der Waals surface area contributed by atoms with Crippen LogP contribution >= 0.6 is 24.0 Å². The fourth-order valence-electron chi connectivity index (χ4n) is 2.58. The normalized spacial score (nSPS) is 16.2. The van der Waals surface area contributed by atoms with Gasteiger partial charge < -0.3 is 5.32 Å². The Morgan fingerprint density at radius 1 is 1.32 bits per heavy atom. The number of pyridine rings is 1. The fourth-order valence-corrected chi connectivity index (χ4v) is 3.87. The molecule has 8 heteroatoms. The molecule has 130 valence electrons. The van der Waals surface area contributed by atoms with Crippen molar-refractivity contribution in [3.8, 4) is 0 Å². The first-order valence-corrected chi connectivity index (χ1v) is 9.30. The molecule has 1 saturated heterocycles. The molecule has 0 saturated carbocycles. The summed E-state index contributed by atoms with van der Waals surface area (Å²) < 4.78 is 2.00. The van der Waals surface area contributed by atoms with E-state index in [9.17, 15) is 9.59 Å². The molecule has 0 spiro atoms. The van der Waals surface area contributed by atoms with Crippen LogP contribution in [0, 0.1) is 0 Å². The number of thioether (sulfide) groups is 1. The van der Waals surface area contributed by atoms with E-state index >= 15 is 0 Å². The lowest BCUT2D eigenvalue weighted by Crippen LogP contribution is -2.28. The molecule has 2 aromatic rings. The van der Waals surface area contributed by atoms with E-state index in [1.54, 1.807) is 29.3 Å². The van der Waals surface area contributed by atoms with Gasteiger partial charge in [0, 0.05) is 19.3 Å². The molecular formula is C17H18N4O2S2. The van der Waals surface area contributed by atoms with Gasteiger partial charge >= 0.3 is 0 Å². The molecule has 0 atom stereocenters. The van der Waals surface area contributed by atoms with Gasteiger partial charge in [-0.05, 0) is 31.6 Å². The number of rotatable bonds is 5. The van der Waals surface area contributed by atoms with E-state index < -0.39 is 0 Å². The minimum atomic E-state index is -0.220. The number of amides is 1. The Balaban J connectivity index is 2.13. The molecule has 3 heterocycles. The summed E-state index contributed by atoms with van der Waals surface area (Å²) in [5, 5.41) is 3.11. The monoisotopic (exact) mass is 374 g/mol. The summed E-state index contributed by atoms with van der Waals surface area (Å²) in [5.74, 6) is 0.316. The van der Waals surface area contributed by atoms with E-state index in [0.717, 1.165) is 6.42 Å². The van der Waals surface area contributed by atoms with Crippen molar-refractivity contribution in [1.82, 2.24) is 14.3 Å². The first-order valence-electron chi connectivity index (χ1n) is 8.07. The van der Waals surface area contributed by atoms with Gasteiger partial charge in [0.15, 0.2) is 0 Å². The third-order valence-electron chi connectivity index (χ3n) is 3.71. The number of fused-ring (bicyclic) bond motifs is 1. The van der Waals surface area contributed by atoms with Gasteiger partial charge in [-0.15, -0.1) is 0 Å². The quantitative estimate of drug-likeness (QED) is 0.641. The Hall–Kier alpha value is -2.19. The van der Waals surface area contributed by atoms with Crippen molar-refractivity contribution in [2.75, 3.05) is 18.4 Å². The zero-order valence-electron chi connectivity index (χ0n) is 14.0. The van der Waals surface area contributed by atoms with Gasteiger partial charge in [0.1, 0.15) is 15.8 Å². The fraction of sp³-hybridized carbons (Fsp3) is 0.294. The van der Waals surface area contributed by atoms with Crippen molar-refractivity contribution < 1.29 is 4.79 Å². The highest BCUT2D eigenvalue weighted by Gasteiger charge is 2.31. The molecule has 2 aromatic heterocycles. The van der Waals surface area contributed by atoms with Gasteiger partial charge in [0.2, 0.25) is 0 Å². The summed E-state index contributed by atoms with van der Waals surface area (Å²) in [6, 6.07) is 5.37. The van der Waals surface area contributed by atoms with Gasteiger partial charge in [-0.3, -0.25) is 18.9 Å². The Kier molecular flexibility index (Phi) is 5.19. The largest absolute Gasteiger partial charge is 0.370 e. The molecule has 1 aliphatic heterocycles. The molecule has 25 heavy (non-hydrogen) atoms. The van der Waals surface area contributed by atoms with Crippen molar-refractivity contribution in [3.05, 3.63) is 45.2 Å². The number of aromatic nitrogens is 2. The van der Waals surface area contributed by atoms with E-state index in [1.165, 1.54) is 16.2 Å². The molecule has 0 aliphatic carbocycles. The highest BCUT2D eigenvalue weighted by atomic mass is 32.2. The number of thiocarbonyl (C=S) groups is 1. The lowest BCUT2D eigenvalue weighted by molar-refractivity contribution is -0.122. The van der Waals surface area contributed by atoms with Crippen LogP contribution < -0.4 is 10.9 Å². The van der Waals surface area contributed by atoms with Crippen molar-refractivity contribution in [2.45, 2.75) is 20.3 Å². The van der Waals surface area contributed by atoms with Gasteiger partial charge in [-0.25, -0.2) is 4.98 Å². The highest BCUT2D eigenvalue weighted by molar-refractivity contribution is 8.26. The van der Waals surface area contributed by atoms with E-state index in [0.29, 0.717) is 39.3 Å². The third-order valence-corrected chi connectivity index (χ3v) is 5.09. The predicted molar refractivity (Wildman–Crippen MR) is 106 cm³/mol. The molecule has 0 bridgehead atoms. The standard InChI is InChI=1S/C17H18N4O2S2/c1-3-8-21-16(23)12(25-17(21)24)10-11-14(18-4-2)19-13-7-5-6-9-20(13)15(11)22/h5-7,9-10,18H,3-4,8H2,1-2H3/b12-10+. The predicted octanol–water partition coefficient (Wildman–Crippen LogP) is 2.74. The van der Waals surface area contributed by atoms with Gasteiger partial charge in [0.05, 0.1) is 10.5 Å². The molecule has 6 nitrogen and oxygen atoms in total. The summed E-state index contributed by atoms with van der Waals surface area (Å²) in [6.07, 6.45) is 4.09. The molecule has 1 N–H and O–H groups in total. The smallest absolute Gasteiger partial charge is 0.267 e. The van der Waals surface area contributed by atoms with E-state index in [4.69, 9.17) is 12.2 Å². The van der Waals surface area contributed by atoms with Crippen molar-refractivity contribution in [3.63, 3.8) is 0 Å². The molecule has 0 aromatic carbocycles. The van der Waals surface area contributed by atoms with Gasteiger partial charge in [0.25, 0.3) is 11.5 Å².